The van der Waals surface area contributed by atoms with Crippen LogP contribution in [-0.4, -0.2) is 45.7 Å². The van der Waals surface area contributed by atoms with Crippen LogP contribution in [0.5, 0.6) is 0 Å². The largest absolute Gasteiger partial charge is 0.465 e. The molecule has 1 aliphatic rings. The maximum absolute atomic E-state index is 10.8. The van der Waals surface area contributed by atoms with E-state index in [1.54, 1.807) is 0 Å². The zero-order chi connectivity index (χ0) is 10.8. The Kier molecular flexibility index (Phi) is 3.10. The number of carbonyl (C=O) groups excluding carboxylic acids is 1. The summed E-state index contributed by atoms with van der Waals surface area (Å²) in [5, 5.41) is 18.6. The van der Waals surface area contributed by atoms with Crippen LogP contribution in [0.3, 0.4) is 0 Å². The lowest BCUT2D eigenvalue weighted by Crippen LogP contribution is -2.47. The first-order valence-electron chi connectivity index (χ1n) is 4.63. The molecule has 1 fully saturated rings. The van der Waals surface area contributed by atoms with Crippen LogP contribution in [0, 0.1) is 0 Å². The molecule has 1 heterocycles. The van der Waals surface area contributed by atoms with Crippen molar-refractivity contribution in [2.45, 2.75) is 31.8 Å². The molecule has 0 aromatic heterocycles. The average molecular weight is 201 g/mol. The third-order valence-electron chi connectivity index (χ3n) is 2.54. The Morgan fingerprint density at radius 1 is 1.36 bits per heavy atom. The quantitative estimate of drug-likeness (QED) is 0.680. The van der Waals surface area contributed by atoms with Crippen LogP contribution in [0.15, 0.2) is 0 Å². The van der Waals surface area contributed by atoms with Gasteiger partial charge >= 0.3 is 6.09 Å². The number of piperidine rings is 1. The zero-order valence-electron chi connectivity index (χ0n) is 8.19. The summed E-state index contributed by atoms with van der Waals surface area (Å²) >= 11 is 0. The SMILES string of the molecule is CC(=O)CC1(O)CCN(C(=O)O)CC1. The second-order valence-corrected chi connectivity index (χ2v) is 3.87. The van der Waals surface area contributed by atoms with Crippen molar-refractivity contribution in [3.8, 4) is 0 Å². The Labute approximate surface area is 82.3 Å². The Hall–Kier alpha value is -1.10. The second kappa shape index (κ2) is 3.96. The lowest BCUT2D eigenvalue weighted by atomic mass is 9.87. The van der Waals surface area contributed by atoms with Gasteiger partial charge in [-0.25, -0.2) is 4.79 Å². The van der Waals surface area contributed by atoms with Crippen LogP contribution in [0.2, 0.25) is 0 Å². The van der Waals surface area contributed by atoms with Gasteiger partial charge in [-0.3, -0.25) is 4.79 Å². The topological polar surface area (TPSA) is 77.8 Å². The molecule has 14 heavy (non-hydrogen) atoms. The minimum Gasteiger partial charge on any atom is -0.465 e. The fourth-order valence-electron chi connectivity index (χ4n) is 1.75. The van der Waals surface area contributed by atoms with Crippen molar-refractivity contribution < 1.29 is 19.8 Å². The Bertz CT molecular complexity index is 243. The van der Waals surface area contributed by atoms with Gasteiger partial charge in [-0.2, -0.15) is 0 Å². The van der Waals surface area contributed by atoms with Gasteiger partial charge in [0.1, 0.15) is 5.78 Å². The van der Waals surface area contributed by atoms with E-state index in [0.717, 1.165) is 0 Å². The van der Waals surface area contributed by atoms with Gasteiger partial charge in [0.25, 0.3) is 0 Å². The lowest BCUT2D eigenvalue weighted by molar-refractivity contribution is -0.123. The minimum atomic E-state index is -0.988. The molecule has 1 rings (SSSR count). The third-order valence-corrected chi connectivity index (χ3v) is 2.54. The van der Waals surface area contributed by atoms with Gasteiger partial charge in [-0.15, -0.1) is 0 Å². The number of hydrogen-bond donors (Lipinski definition) is 2. The van der Waals surface area contributed by atoms with Gasteiger partial charge in [0.2, 0.25) is 0 Å². The number of aliphatic hydroxyl groups is 1. The average Bonchev–Trinajstić information content (AvgIpc) is 2.02. The predicted octanol–water partition coefficient (Wildman–Crippen LogP) is 0.470. The maximum Gasteiger partial charge on any atom is 0.407 e. The summed E-state index contributed by atoms with van der Waals surface area (Å²) in [7, 11) is 0. The van der Waals surface area contributed by atoms with E-state index in [2.05, 4.69) is 0 Å². The normalized spacial score (nSPS) is 20.6. The van der Waals surface area contributed by atoms with E-state index < -0.39 is 11.7 Å². The first-order valence-corrected chi connectivity index (χ1v) is 4.63. The number of ketones is 1. The molecule has 5 heteroatoms. The Morgan fingerprint density at radius 2 is 1.86 bits per heavy atom. The first-order chi connectivity index (χ1) is 6.43. The van der Waals surface area contributed by atoms with Gasteiger partial charge in [-0.1, -0.05) is 0 Å². The number of Topliss-reactive ketones (excluding diaryl/α,β-unsaturated/α-hetero) is 1. The van der Waals surface area contributed by atoms with Crippen LogP contribution in [-0.2, 0) is 4.79 Å². The van der Waals surface area contributed by atoms with Crippen LogP contribution >= 0.6 is 0 Å². The van der Waals surface area contributed by atoms with Crippen LogP contribution in [0.4, 0.5) is 4.79 Å². The number of nitrogens with zero attached hydrogens (tertiary/aromatic N) is 1. The summed E-state index contributed by atoms with van der Waals surface area (Å²) in [4.78, 5) is 22.7. The van der Waals surface area contributed by atoms with Gasteiger partial charge in [-0.05, 0) is 19.8 Å². The van der Waals surface area contributed by atoms with Crippen molar-refractivity contribution in [1.82, 2.24) is 4.90 Å². The van der Waals surface area contributed by atoms with E-state index in [-0.39, 0.29) is 12.2 Å². The number of carbonyl (C=O) groups is 2. The molecular formula is C9H15NO4. The molecule has 5 nitrogen and oxygen atoms in total. The second-order valence-electron chi connectivity index (χ2n) is 3.87. The molecule has 0 aromatic carbocycles. The van der Waals surface area contributed by atoms with Crippen LogP contribution in [0.1, 0.15) is 26.2 Å². The number of amides is 1. The van der Waals surface area contributed by atoms with E-state index in [1.165, 1.54) is 11.8 Å². The van der Waals surface area contributed by atoms with E-state index >= 15 is 0 Å². The third kappa shape index (κ3) is 2.70. The van der Waals surface area contributed by atoms with Crippen LogP contribution in [0.25, 0.3) is 0 Å². The molecule has 0 unspecified atom stereocenters. The fraction of sp³-hybridized carbons (Fsp3) is 0.778. The Balaban J connectivity index is 2.48. The molecule has 0 aliphatic carbocycles. The molecule has 1 aliphatic heterocycles. The summed E-state index contributed by atoms with van der Waals surface area (Å²) in [6, 6.07) is 0. The van der Waals surface area contributed by atoms with Crippen LogP contribution < -0.4 is 0 Å². The molecule has 0 atom stereocenters. The van der Waals surface area contributed by atoms with Crippen molar-refractivity contribution in [1.29, 1.82) is 0 Å². The highest BCUT2D eigenvalue weighted by Gasteiger charge is 2.34. The standard InChI is InChI=1S/C9H15NO4/c1-7(11)6-9(14)2-4-10(5-3-9)8(12)13/h14H,2-6H2,1H3,(H,12,13). The predicted molar refractivity (Wildman–Crippen MR) is 49.1 cm³/mol. The van der Waals surface area contributed by atoms with Crippen molar-refractivity contribution in [2.24, 2.45) is 0 Å². The highest BCUT2D eigenvalue weighted by atomic mass is 16.4. The molecule has 1 amide bonds. The summed E-state index contributed by atoms with van der Waals surface area (Å²) in [5.74, 6) is -0.0590. The van der Waals surface area contributed by atoms with Gasteiger partial charge in [0.05, 0.1) is 5.60 Å². The van der Waals surface area contributed by atoms with Crippen molar-refractivity contribution in [3.63, 3.8) is 0 Å². The first kappa shape index (κ1) is 11.0. The number of hydrogen-bond acceptors (Lipinski definition) is 3. The minimum absolute atomic E-state index is 0.0590. The zero-order valence-corrected chi connectivity index (χ0v) is 8.19. The van der Waals surface area contributed by atoms with Gasteiger partial charge < -0.3 is 15.1 Å². The Morgan fingerprint density at radius 3 is 2.21 bits per heavy atom. The smallest absolute Gasteiger partial charge is 0.407 e. The highest BCUT2D eigenvalue weighted by molar-refractivity contribution is 5.76. The number of likely N-dealkylation sites (tertiary alicyclic amines) is 1. The monoisotopic (exact) mass is 201 g/mol. The summed E-state index contributed by atoms with van der Waals surface area (Å²) in [6.45, 7) is 2.04. The number of carboxylic acid groups (broad SMARTS) is 1. The van der Waals surface area contributed by atoms with Crippen molar-refractivity contribution in [2.75, 3.05) is 13.1 Å². The molecule has 0 saturated carbocycles. The molecule has 0 radical (unpaired) electrons. The molecule has 80 valence electrons. The summed E-state index contributed by atoms with van der Waals surface area (Å²) in [6.07, 6.45) is -0.145. The molecule has 1 saturated heterocycles. The van der Waals surface area contributed by atoms with E-state index in [1.807, 2.05) is 0 Å². The van der Waals surface area contributed by atoms with Gasteiger partial charge in [0, 0.05) is 19.5 Å². The van der Waals surface area contributed by atoms with E-state index in [4.69, 9.17) is 5.11 Å². The van der Waals surface area contributed by atoms with E-state index in [0.29, 0.717) is 25.9 Å². The van der Waals surface area contributed by atoms with Crippen molar-refractivity contribution in [3.05, 3.63) is 0 Å². The molecule has 2 N–H and O–H groups in total. The molecule has 0 spiro atoms. The van der Waals surface area contributed by atoms with Gasteiger partial charge in [0.15, 0.2) is 0 Å². The maximum atomic E-state index is 10.8. The highest BCUT2D eigenvalue weighted by Crippen LogP contribution is 2.25. The summed E-state index contributed by atoms with van der Waals surface area (Å²) in [5.41, 5.74) is -0.988. The molecule has 0 bridgehead atoms. The summed E-state index contributed by atoms with van der Waals surface area (Å²) < 4.78 is 0. The number of rotatable bonds is 2. The fourth-order valence-corrected chi connectivity index (χ4v) is 1.75. The van der Waals surface area contributed by atoms with Crippen molar-refractivity contribution >= 4 is 11.9 Å². The van der Waals surface area contributed by atoms with E-state index in [9.17, 15) is 14.7 Å². The molecule has 0 aromatic rings. The molecular weight excluding hydrogens is 186 g/mol. The lowest BCUT2D eigenvalue weighted by Gasteiger charge is -2.36.